The Hall–Kier alpha value is -1.92. The van der Waals surface area contributed by atoms with Gasteiger partial charge in [-0.2, -0.15) is 5.10 Å². The van der Waals surface area contributed by atoms with Crippen LogP contribution in [0.3, 0.4) is 0 Å². The Morgan fingerprint density at radius 1 is 1.48 bits per heavy atom. The van der Waals surface area contributed by atoms with Crippen molar-refractivity contribution in [2.75, 3.05) is 0 Å². The van der Waals surface area contributed by atoms with E-state index >= 15 is 0 Å². The van der Waals surface area contributed by atoms with Crippen molar-refractivity contribution >= 4 is 11.9 Å². The van der Waals surface area contributed by atoms with E-state index in [1.165, 1.54) is 17.3 Å². The van der Waals surface area contributed by atoms with Crippen LogP contribution in [0.15, 0.2) is 12.7 Å². The molecule has 0 radical (unpaired) electrons. The van der Waals surface area contributed by atoms with Crippen molar-refractivity contribution < 1.29 is 14.7 Å². The minimum atomic E-state index is -1.14. The fourth-order valence-electron chi connectivity index (χ4n) is 2.85. The second kappa shape index (κ2) is 6.24. The van der Waals surface area contributed by atoms with Gasteiger partial charge in [0.1, 0.15) is 24.2 Å². The van der Waals surface area contributed by atoms with Crippen LogP contribution in [0.1, 0.15) is 52.0 Å². The summed E-state index contributed by atoms with van der Waals surface area (Å²) >= 11 is 0. The summed E-state index contributed by atoms with van der Waals surface area (Å²) in [5, 5.41) is 16.2. The van der Waals surface area contributed by atoms with Gasteiger partial charge in [-0.05, 0) is 38.5 Å². The van der Waals surface area contributed by atoms with Gasteiger partial charge < -0.3 is 10.4 Å². The van der Waals surface area contributed by atoms with Gasteiger partial charge in [-0.25, -0.2) is 14.5 Å². The van der Waals surface area contributed by atoms with E-state index in [0.29, 0.717) is 18.8 Å². The van der Waals surface area contributed by atoms with Gasteiger partial charge in [0, 0.05) is 0 Å². The van der Waals surface area contributed by atoms with Crippen molar-refractivity contribution in [1.82, 2.24) is 20.1 Å². The monoisotopic (exact) mass is 294 g/mol. The highest BCUT2D eigenvalue weighted by atomic mass is 16.4. The van der Waals surface area contributed by atoms with Crippen molar-refractivity contribution in [1.29, 1.82) is 0 Å². The molecule has 0 saturated heterocycles. The Balaban J connectivity index is 2.07. The molecule has 1 aliphatic carbocycles. The number of nitrogens with zero attached hydrogens (tertiary/aromatic N) is 3. The number of aromatic nitrogens is 3. The van der Waals surface area contributed by atoms with E-state index < -0.39 is 17.6 Å². The maximum atomic E-state index is 12.3. The van der Waals surface area contributed by atoms with Crippen LogP contribution in [0.2, 0.25) is 0 Å². The first-order valence-electron chi connectivity index (χ1n) is 7.38. The maximum absolute atomic E-state index is 12.3. The van der Waals surface area contributed by atoms with E-state index in [1.54, 1.807) is 6.92 Å². The molecule has 7 nitrogen and oxygen atoms in total. The molecule has 1 aliphatic rings. The van der Waals surface area contributed by atoms with Crippen LogP contribution in [0.25, 0.3) is 0 Å². The Morgan fingerprint density at radius 3 is 2.62 bits per heavy atom. The quantitative estimate of drug-likeness (QED) is 0.855. The lowest BCUT2D eigenvalue weighted by Gasteiger charge is -2.37. The summed E-state index contributed by atoms with van der Waals surface area (Å²) < 4.78 is 1.42. The molecular weight excluding hydrogens is 272 g/mol. The molecule has 1 unspecified atom stereocenters. The van der Waals surface area contributed by atoms with Crippen LogP contribution in [-0.2, 0) is 9.59 Å². The van der Waals surface area contributed by atoms with Crippen LogP contribution in [-0.4, -0.2) is 37.3 Å². The fourth-order valence-corrected chi connectivity index (χ4v) is 2.85. The van der Waals surface area contributed by atoms with Crippen LogP contribution in [0.5, 0.6) is 0 Å². The smallest absolute Gasteiger partial charge is 0.329 e. The molecule has 1 saturated carbocycles. The molecule has 21 heavy (non-hydrogen) atoms. The molecular formula is C14H22N4O3. The van der Waals surface area contributed by atoms with E-state index in [4.69, 9.17) is 0 Å². The van der Waals surface area contributed by atoms with Crippen molar-refractivity contribution in [3.05, 3.63) is 12.7 Å². The van der Waals surface area contributed by atoms with Crippen LogP contribution < -0.4 is 5.32 Å². The Labute approximate surface area is 123 Å². The number of carbonyl (C=O) groups excluding carboxylic acids is 1. The van der Waals surface area contributed by atoms with Crippen LogP contribution in [0.4, 0.5) is 0 Å². The van der Waals surface area contributed by atoms with Crippen LogP contribution in [0, 0.1) is 5.92 Å². The average Bonchev–Trinajstić information content (AvgIpc) is 3.01. The molecule has 1 aromatic heterocycles. The number of carboxylic acid groups (broad SMARTS) is 1. The van der Waals surface area contributed by atoms with Gasteiger partial charge in [-0.3, -0.25) is 4.79 Å². The molecule has 7 heteroatoms. The molecule has 1 heterocycles. The second-order valence-electron chi connectivity index (χ2n) is 5.78. The van der Waals surface area contributed by atoms with Gasteiger partial charge >= 0.3 is 5.97 Å². The third-order valence-electron chi connectivity index (χ3n) is 4.52. The summed E-state index contributed by atoms with van der Waals surface area (Å²) in [6, 6.07) is -0.576. The largest absolute Gasteiger partial charge is 0.480 e. The molecule has 116 valence electrons. The van der Waals surface area contributed by atoms with Gasteiger partial charge in [0.05, 0.1) is 0 Å². The maximum Gasteiger partial charge on any atom is 0.329 e. The molecule has 0 spiro atoms. The van der Waals surface area contributed by atoms with Gasteiger partial charge in [0.2, 0.25) is 5.91 Å². The molecule has 1 atom stereocenters. The fraction of sp³-hybridized carbons (Fsp3) is 0.714. The van der Waals surface area contributed by atoms with Crippen molar-refractivity contribution in [3.63, 3.8) is 0 Å². The lowest BCUT2D eigenvalue weighted by Crippen LogP contribution is -2.57. The van der Waals surface area contributed by atoms with Crippen molar-refractivity contribution in [2.24, 2.45) is 5.92 Å². The summed E-state index contributed by atoms with van der Waals surface area (Å²) in [5.41, 5.74) is -1.14. The zero-order chi connectivity index (χ0) is 15.5. The number of aliphatic carboxylic acids is 1. The second-order valence-corrected chi connectivity index (χ2v) is 5.78. The number of hydrogen-bond donors (Lipinski definition) is 2. The number of carbonyl (C=O) groups is 2. The highest BCUT2D eigenvalue weighted by Gasteiger charge is 2.43. The van der Waals surface area contributed by atoms with Crippen molar-refractivity contribution in [3.8, 4) is 0 Å². The van der Waals surface area contributed by atoms with Crippen molar-refractivity contribution in [2.45, 2.75) is 57.5 Å². The molecule has 1 amide bonds. The lowest BCUT2D eigenvalue weighted by atomic mass is 9.75. The predicted octanol–water partition coefficient (Wildman–Crippen LogP) is 1.38. The summed E-state index contributed by atoms with van der Waals surface area (Å²) in [7, 11) is 0. The number of amides is 1. The van der Waals surface area contributed by atoms with E-state index in [1.807, 2.05) is 0 Å². The minimum Gasteiger partial charge on any atom is -0.480 e. The molecule has 0 aromatic carbocycles. The number of carboxylic acids is 1. The number of hydrogen-bond acceptors (Lipinski definition) is 4. The zero-order valence-electron chi connectivity index (χ0n) is 12.5. The van der Waals surface area contributed by atoms with Gasteiger partial charge in [0.15, 0.2) is 0 Å². The lowest BCUT2D eigenvalue weighted by molar-refractivity contribution is -0.150. The predicted molar refractivity (Wildman–Crippen MR) is 75.5 cm³/mol. The molecule has 0 bridgehead atoms. The first kappa shape index (κ1) is 15.5. The third kappa shape index (κ3) is 3.22. The van der Waals surface area contributed by atoms with Gasteiger partial charge in [-0.15, -0.1) is 0 Å². The molecule has 1 fully saturated rings. The highest BCUT2D eigenvalue weighted by Crippen LogP contribution is 2.34. The summed E-state index contributed by atoms with van der Waals surface area (Å²) in [6.45, 7) is 3.79. The molecule has 2 rings (SSSR count). The summed E-state index contributed by atoms with van der Waals surface area (Å²) in [4.78, 5) is 27.8. The van der Waals surface area contributed by atoms with Gasteiger partial charge in [0.25, 0.3) is 0 Å². The van der Waals surface area contributed by atoms with Gasteiger partial charge in [-0.1, -0.05) is 13.3 Å². The molecule has 2 N–H and O–H groups in total. The Bertz CT molecular complexity index is 492. The number of rotatable bonds is 5. The topological polar surface area (TPSA) is 97.1 Å². The SMILES string of the molecule is CCC1CCC(NC(=O)C(C)n2cncn2)(C(=O)O)CC1. The molecule has 0 aliphatic heterocycles. The van der Waals surface area contributed by atoms with E-state index in [9.17, 15) is 14.7 Å². The highest BCUT2D eigenvalue weighted by molar-refractivity contribution is 5.88. The van der Waals surface area contributed by atoms with Crippen LogP contribution >= 0.6 is 0 Å². The van der Waals surface area contributed by atoms with E-state index in [2.05, 4.69) is 22.3 Å². The number of nitrogens with one attached hydrogen (secondary N) is 1. The first-order valence-corrected chi connectivity index (χ1v) is 7.38. The van der Waals surface area contributed by atoms with E-state index in [-0.39, 0.29) is 5.91 Å². The minimum absolute atomic E-state index is 0.335. The third-order valence-corrected chi connectivity index (χ3v) is 4.52. The average molecular weight is 294 g/mol. The molecule has 1 aromatic rings. The van der Waals surface area contributed by atoms with E-state index in [0.717, 1.165) is 19.3 Å². The summed E-state index contributed by atoms with van der Waals surface area (Å²) in [6.07, 6.45) is 6.49. The standard InChI is InChI=1S/C14H22N4O3/c1-3-11-4-6-14(7-5-11,13(20)21)17-12(19)10(2)18-9-15-8-16-18/h8-11H,3-7H2,1-2H3,(H,17,19)(H,20,21). The Kier molecular flexibility index (Phi) is 4.59. The zero-order valence-corrected chi connectivity index (χ0v) is 12.5. The Morgan fingerprint density at radius 2 is 2.14 bits per heavy atom. The normalized spacial score (nSPS) is 27.0. The summed E-state index contributed by atoms with van der Waals surface area (Å²) in [5.74, 6) is -0.726. The first-order chi connectivity index (χ1) is 9.98.